The zero-order valence-electron chi connectivity index (χ0n) is 11.3. The van der Waals surface area contributed by atoms with Gasteiger partial charge in [-0.3, -0.25) is 9.78 Å². The number of aromatic nitrogens is 1. The normalized spacial score (nSPS) is 10.5. The second kappa shape index (κ2) is 6.14. The minimum Gasteiger partial charge on any atom is -0.326 e. The van der Waals surface area contributed by atoms with Crippen LogP contribution in [0.1, 0.15) is 30.9 Å². The Kier molecular flexibility index (Phi) is 4.29. The van der Waals surface area contributed by atoms with E-state index >= 15 is 0 Å². The van der Waals surface area contributed by atoms with E-state index in [-0.39, 0.29) is 5.91 Å². The van der Waals surface area contributed by atoms with Crippen molar-refractivity contribution in [1.29, 1.82) is 0 Å². The van der Waals surface area contributed by atoms with Gasteiger partial charge >= 0.3 is 0 Å². The number of carbonyl (C=O) groups is 1. The van der Waals surface area contributed by atoms with Crippen molar-refractivity contribution in [3.63, 3.8) is 0 Å². The highest BCUT2D eigenvalue weighted by molar-refractivity contribution is 5.92. The zero-order valence-corrected chi connectivity index (χ0v) is 11.3. The fourth-order valence-electron chi connectivity index (χ4n) is 1.84. The van der Waals surface area contributed by atoms with E-state index in [0.717, 1.165) is 11.3 Å². The number of pyridine rings is 1. The molecule has 0 fully saturated rings. The van der Waals surface area contributed by atoms with E-state index in [2.05, 4.69) is 24.1 Å². The van der Waals surface area contributed by atoms with Crippen LogP contribution in [-0.2, 0) is 11.2 Å². The molecule has 0 spiro atoms. The molecular formula is C16H18N2O. The van der Waals surface area contributed by atoms with Crippen molar-refractivity contribution in [1.82, 2.24) is 4.98 Å². The Hall–Kier alpha value is -2.16. The molecule has 2 rings (SSSR count). The molecule has 19 heavy (non-hydrogen) atoms. The van der Waals surface area contributed by atoms with Crippen molar-refractivity contribution in [2.75, 3.05) is 5.32 Å². The molecule has 1 aromatic carbocycles. The maximum absolute atomic E-state index is 11.9. The van der Waals surface area contributed by atoms with Gasteiger partial charge in [-0.05, 0) is 35.2 Å². The summed E-state index contributed by atoms with van der Waals surface area (Å²) in [5.74, 6) is 0.477. The molecule has 0 bridgehead atoms. The standard InChI is InChI=1S/C16H18N2O/c1-12(2)14-5-7-15(8-6-14)18-16(19)10-13-4-3-9-17-11-13/h3-9,11-12H,10H2,1-2H3,(H,18,19). The lowest BCUT2D eigenvalue weighted by Crippen LogP contribution is -2.14. The SMILES string of the molecule is CC(C)c1ccc(NC(=O)Cc2cccnc2)cc1. The molecule has 0 saturated heterocycles. The lowest BCUT2D eigenvalue weighted by Gasteiger charge is -2.08. The minimum absolute atomic E-state index is 0.0229. The van der Waals surface area contributed by atoms with Crippen molar-refractivity contribution in [3.05, 3.63) is 59.9 Å². The fraction of sp³-hybridized carbons (Fsp3) is 0.250. The third-order valence-corrected chi connectivity index (χ3v) is 2.95. The maximum Gasteiger partial charge on any atom is 0.228 e. The van der Waals surface area contributed by atoms with E-state index in [1.807, 2.05) is 36.4 Å². The molecule has 3 heteroatoms. The van der Waals surface area contributed by atoms with Crippen LogP contribution in [0.2, 0.25) is 0 Å². The molecule has 98 valence electrons. The first-order valence-electron chi connectivity index (χ1n) is 6.44. The Morgan fingerprint density at radius 3 is 2.53 bits per heavy atom. The van der Waals surface area contributed by atoms with Gasteiger partial charge in [-0.25, -0.2) is 0 Å². The summed E-state index contributed by atoms with van der Waals surface area (Å²) in [7, 11) is 0. The van der Waals surface area contributed by atoms with Gasteiger partial charge in [0.05, 0.1) is 6.42 Å². The van der Waals surface area contributed by atoms with Crippen LogP contribution < -0.4 is 5.32 Å². The number of amides is 1. The summed E-state index contributed by atoms with van der Waals surface area (Å²) < 4.78 is 0. The van der Waals surface area contributed by atoms with Crippen LogP contribution in [0.5, 0.6) is 0 Å². The third-order valence-electron chi connectivity index (χ3n) is 2.95. The van der Waals surface area contributed by atoms with Gasteiger partial charge in [-0.15, -0.1) is 0 Å². The summed E-state index contributed by atoms with van der Waals surface area (Å²) in [6.07, 6.45) is 3.76. The van der Waals surface area contributed by atoms with Crippen LogP contribution in [0, 0.1) is 0 Å². The second-order valence-electron chi connectivity index (χ2n) is 4.86. The van der Waals surface area contributed by atoms with Gasteiger partial charge in [0, 0.05) is 18.1 Å². The molecule has 1 heterocycles. The molecule has 0 unspecified atom stereocenters. The molecule has 0 atom stereocenters. The van der Waals surface area contributed by atoms with Crippen molar-refractivity contribution in [3.8, 4) is 0 Å². The molecule has 3 nitrogen and oxygen atoms in total. The van der Waals surface area contributed by atoms with Crippen molar-refractivity contribution in [2.24, 2.45) is 0 Å². The zero-order chi connectivity index (χ0) is 13.7. The molecule has 1 amide bonds. The van der Waals surface area contributed by atoms with Crippen molar-refractivity contribution < 1.29 is 4.79 Å². The monoisotopic (exact) mass is 254 g/mol. The number of nitrogens with zero attached hydrogens (tertiary/aromatic N) is 1. The van der Waals surface area contributed by atoms with E-state index in [0.29, 0.717) is 12.3 Å². The summed E-state index contributed by atoms with van der Waals surface area (Å²) in [6.45, 7) is 4.30. The highest BCUT2D eigenvalue weighted by Gasteiger charge is 2.04. The highest BCUT2D eigenvalue weighted by atomic mass is 16.1. The number of carbonyl (C=O) groups excluding carboxylic acids is 1. The molecule has 2 aromatic rings. The Morgan fingerprint density at radius 1 is 1.21 bits per heavy atom. The minimum atomic E-state index is -0.0229. The average Bonchev–Trinajstić information content (AvgIpc) is 2.40. The number of anilines is 1. The third kappa shape index (κ3) is 3.91. The van der Waals surface area contributed by atoms with Gasteiger partial charge in [0.25, 0.3) is 0 Å². The highest BCUT2D eigenvalue weighted by Crippen LogP contribution is 2.17. The molecule has 0 aliphatic rings. The van der Waals surface area contributed by atoms with Gasteiger partial charge in [0.15, 0.2) is 0 Å². The number of benzene rings is 1. The Balaban J connectivity index is 1.95. The first-order chi connectivity index (χ1) is 9.15. The van der Waals surface area contributed by atoms with Crippen LogP contribution in [0.3, 0.4) is 0 Å². The Morgan fingerprint density at radius 2 is 1.95 bits per heavy atom. The predicted molar refractivity (Wildman–Crippen MR) is 77.1 cm³/mol. The molecule has 1 N–H and O–H groups in total. The first kappa shape index (κ1) is 13.3. The van der Waals surface area contributed by atoms with E-state index in [1.54, 1.807) is 12.4 Å². The second-order valence-corrected chi connectivity index (χ2v) is 4.86. The van der Waals surface area contributed by atoms with Crippen LogP contribution in [-0.4, -0.2) is 10.9 Å². The van der Waals surface area contributed by atoms with Crippen molar-refractivity contribution in [2.45, 2.75) is 26.2 Å². The van der Waals surface area contributed by atoms with E-state index < -0.39 is 0 Å². The molecular weight excluding hydrogens is 236 g/mol. The molecule has 1 aromatic heterocycles. The number of nitrogens with one attached hydrogen (secondary N) is 1. The lowest BCUT2D eigenvalue weighted by atomic mass is 10.0. The van der Waals surface area contributed by atoms with Crippen LogP contribution in [0.15, 0.2) is 48.8 Å². The number of hydrogen-bond acceptors (Lipinski definition) is 2. The molecule has 0 aliphatic heterocycles. The molecule has 0 saturated carbocycles. The predicted octanol–water partition coefficient (Wildman–Crippen LogP) is 3.39. The van der Waals surface area contributed by atoms with Crippen molar-refractivity contribution >= 4 is 11.6 Å². The molecule has 0 aliphatic carbocycles. The fourth-order valence-corrected chi connectivity index (χ4v) is 1.84. The summed E-state index contributed by atoms with van der Waals surface area (Å²) in [6, 6.07) is 11.7. The topological polar surface area (TPSA) is 42.0 Å². The number of rotatable bonds is 4. The van der Waals surface area contributed by atoms with E-state index in [9.17, 15) is 4.79 Å². The largest absolute Gasteiger partial charge is 0.326 e. The summed E-state index contributed by atoms with van der Waals surface area (Å²) in [5.41, 5.74) is 3.02. The van der Waals surface area contributed by atoms with Gasteiger partial charge in [-0.2, -0.15) is 0 Å². The summed E-state index contributed by atoms with van der Waals surface area (Å²) in [5, 5.41) is 2.89. The van der Waals surface area contributed by atoms with Gasteiger partial charge in [0.1, 0.15) is 0 Å². The Bertz CT molecular complexity index is 532. The smallest absolute Gasteiger partial charge is 0.228 e. The molecule has 0 radical (unpaired) electrons. The van der Waals surface area contributed by atoms with E-state index in [4.69, 9.17) is 0 Å². The number of hydrogen-bond donors (Lipinski definition) is 1. The van der Waals surface area contributed by atoms with Crippen LogP contribution in [0.25, 0.3) is 0 Å². The van der Waals surface area contributed by atoms with E-state index in [1.165, 1.54) is 5.56 Å². The maximum atomic E-state index is 11.9. The Labute approximate surface area is 113 Å². The van der Waals surface area contributed by atoms with Gasteiger partial charge < -0.3 is 5.32 Å². The van der Waals surface area contributed by atoms with Gasteiger partial charge in [-0.1, -0.05) is 32.0 Å². The van der Waals surface area contributed by atoms with Crippen LogP contribution >= 0.6 is 0 Å². The van der Waals surface area contributed by atoms with Crippen LogP contribution in [0.4, 0.5) is 5.69 Å². The quantitative estimate of drug-likeness (QED) is 0.908. The average molecular weight is 254 g/mol. The first-order valence-corrected chi connectivity index (χ1v) is 6.44. The van der Waals surface area contributed by atoms with Gasteiger partial charge in [0.2, 0.25) is 5.91 Å². The lowest BCUT2D eigenvalue weighted by molar-refractivity contribution is -0.115. The summed E-state index contributed by atoms with van der Waals surface area (Å²) in [4.78, 5) is 15.9. The summed E-state index contributed by atoms with van der Waals surface area (Å²) >= 11 is 0.